The number of benzene rings is 1. The highest BCUT2D eigenvalue weighted by atomic mass is 19.4. The maximum Gasteiger partial charge on any atom is 0.389 e. The Balaban J connectivity index is 2.02. The number of ether oxygens (including phenoxy) is 1. The molecule has 1 aromatic rings. The van der Waals surface area contributed by atoms with Gasteiger partial charge in [0.15, 0.2) is 0 Å². The molecule has 8 heteroatoms. The van der Waals surface area contributed by atoms with Crippen molar-refractivity contribution in [3.63, 3.8) is 0 Å². The van der Waals surface area contributed by atoms with Gasteiger partial charge in [0.1, 0.15) is 5.54 Å². The number of carboxylic acids is 1. The Morgan fingerprint density at radius 1 is 1.17 bits per heavy atom. The lowest BCUT2D eigenvalue weighted by Crippen LogP contribution is -2.57. The van der Waals surface area contributed by atoms with E-state index < -0.39 is 30.0 Å². The molecule has 24 heavy (non-hydrogen) atoms. The van der Waals surface area contributed by atoms with Gasteiger partial charge < -0.3 is 15.2 Å². The van der Waals surface area contributed by atoms with Crippen molar-refractivity contribution in [2.45, 2.75) is 37.4 Å². The first-order valence-corrected chi connectivity index (χ1v) is 7.51. The van der Waals surface area contributed by atoms with E-state index in [0.29, 0.717) is 5.56 Å². The summed E-state index contributed by atoms with van der Waals surface area (Å²) in [6, 6.07) is 5.68. The normalized spacial score (nSPS) is 17.3. The maximum absolute atomic E-state index is 12.3. The van der Waals surface area contributed by atoms with E-state index in [0.717, 1.165) is 0 Å². The number of aliphatic carboxylic acids is 1. The molecule has 132 valence electrons. The number of carbonyl (C=O) groups excluding carboxylic acids is 1. The van der Waals surface area contributed by atoms with Gasteiger partial charge >= 0.3 is 12.1 Å². The fourth-order valence-corrected chi connectivity index (χ4v) is 2.51. The van der Waals surface area contributed by atoms with Gasteiger partial charge in [-0.25, -0.2) is 4.79 Å². The number of rotatable bonds is 5. The average molecular weight is 345 g/mol. The summed E-state index contributed by atoms with van der Waals surface area (Å²) in [5.41, 5.74) is -0.703. The van der Waals surface area contributed by atoms with Crippen LogP contribution in [0.3, 0.4) is 0 Å². The average Bonchev–Trinajstić information content (AvgIpc) is 2.53. The van der Waals surface area contributed by atoms with Gasteiger partial charge in [-0.1, -0.05) is 12.1 Å². The highest BCUT2D eigenvalue weighted by Gasteiger charge is 2.41. The summed E-state index contributed by atoms with van der Waals surface area (Å²) in [6.07, 6.45) is -5.00. The van der Waals surface area contributed by atoms with E-state index in [-0.39, 0.29) is 38.0 Å². The minimum absolute atomic E-state index is 0.164. The molecule has 1 amide bonds. The van der Waals surface area contributed by atoms with Gasteiger partial charge in [0.25, 0.3) is 5.91 Å². The Morgan fingerprint density at radius 2 is 1.75 bits per heavy atom. The van der Waals surface area contributed by atoms with Crippen LogP contribution in [0.1, 0.15) is 35.2 Å². The van der Waals surface area contributed by atoms with E-state index in [1.165, 1.54) is 24.3 Å². The lowest BCUT2D eigenvalue weighted by atomic mass is 9.89. The van der Waals surface area contributed by atoms with Crippen LogP contribution in [0, 0.1) is 0 Å². The van der Waals surface area contributed by atoms with E-state index in [2.05, 4.69) is 5.32 Å². The number of amides is 1. The molecule has 0 aliphatic carbocycles. The van der Waals surface area contributed by atoms with Gasteiger partial charge in [-0.05, 0) is 24.1 Å². The number of carbonyl (C=O) groups is 2. The number of hydrogen-bond acceptors (Lipinski definition) is 3. The van der Waals surface area contributed by atoms with Crippen LogP contribution < -0.4 is 5.32 Å². The molecule has 0 aromatic heterocycles. The summed E-state index contributed by atoms with van der Waals surface area (Å²) >= 11 is 0. The van der Waals surface area contributed by atoms with E-state index in [1.807, 2.05) is 0 Å². The third-order valence-electron chi connectivity index (χ3n) is 4.02. The zero-order chi connectivity index (χ0) is 17.8. The summed E-state index contributed by atoms with van der Waals surface area (Å²) in [4.78, 5) is 23.8. The molecule has 0 atom stereocenters. The van der Waals surface area contributed by atoms with Gasteiger partial charge in [-0.2, -0.15) is 13.2 Å². The Kier molecular flexibility index (Phi) is 5.48. The van der Waals surface area contributed by atoms with Crippen LogP contribution in [0.25, 0.3) is 0 Å². The second-order valence-electron chi connectivity index (χ2n) is 5.77. The number of nitrogens with one attached hydrogen (secondary N) is 1. The molecule has 0 radical (unpaired) electrons. The topological polar surface area (TPSA) is 75.6 Å². The zero-order valence-corrected chi connectivity index (χ0v) is 12.9. The van der Waals surface area contributed by atoms with Crippen LogP contribution in [0.15, 0.2) is 24.3 Å². The maximum atomic E-state index is 12.3. The van der Waals surface area contributed by atoms with Gasteiger partial charge in [-0.15, -0.1) is 0 Å². The van der Waals surface area contributed by atoms with Crippen molar-refractivity contribution in [2.24, 2.45) is 0 Å². The molecule has 0 unspecified atom stereocenters. The molecular weight excluding hydrogens is 327 g/mol. The third kappa shape index (κ3) is 4.70. The molecular formula is C16H18F3NO4. The van der Waals surface area contributed by atoms with Crippen LogP contribution in [0.4, 0.5) is 13.2 Å². The number of hydrogen-bond donors (Lipinski definition) is 2. The van der Waals surface area contributed by atoms with Crippen LogP contribution in [0.2, 0.25) is 0 Å². The predicted molar refractivity (Wildman–Crippen MR) is 78.7 cm³/mol. The van der Waals surface area contributed by atoms with E-state index in [4.69, 9.17) is 4.74 Å². The zero-order valence-electron chi connectivity index (χ0n) is 12.9. The van der Waals surface area contributed by atoms with Crippen LogP contribution in [0.5, 0.6) is 0 Å². The van der Waals surface area contributed by atoms with Gasteiger partial charge in [0, 0.05) is 38.0 Å². The van der Waals surface area contributed by atoms with Crippen LogP contribution in [-0.2, 0) is 16.0 Å². The van der Waals surface area contributed by atoms with Gasteiger partial charge in [0.05, 0.1) is 0 Å². The summed E-state index contributed by atoms with van der Waals surface area (Å²) < 4.78 is 41.7. The minimum Gasteiger partial charge on any atom is -0.480 e. The van der Waals surface area contributed by atoms with E-state index >= 15 is 0 Å². The Bertz CT molecular complexity index is 592. The Hall–Kier alpha value is -2.09. The molecule has 2 rings (SSSR count). The molecule has 1 aromatic carbocycles. The summed E-state index contributed by atoms with van der Waals surface area (Å²) in [7, 11) is 0. The molecule has 1 saturated heterocycles. The van der Waals surface area contributed by atoms with Crippen molar-refractivity contribution in [1.82, 2.24) is 5.32 Å². The number of aryl methyl sites for hydroxylation is 1. The standard InChI is InChI=1S/C16H18F3NO4/c17-16(18,19)6-5-11-1-3-12(4-2-11)13(21)20-15(14(22)23)7-9-24-10-8-15/h1-4H,5-10H2,(H,20,21)(H,22,23). The molecule has 0 saturated carbocycles. The summed E-state index contributed by atoms with van der Waals surface area (Å²) in [5, 5.41) is 11.9. The molecule has 0 spiro atoms. The van der Waals surface area contributed by atoms with Crippen molar-refractivity contribution < 1.29 is 32.6 Å². The van der Waals surface area contributed by atoms with E-state index in [1.54, 1.807) is 0 Å². The highest BCUT2D eigenvalue weighted by molar-refractivity contribution is 5.97. The number of alkyl halides is 3. The highest BCUT2D eigenvalue weighted by Crippen LogP contribution is 2.23. The van der Waals surface area contributed by atoms with Gasteiger partial charge in [0.2, 0.25) is 0 Å². The molecule has 0 bridgehead atoms. The first-order chi connectivity index (χ1) is 11.2. The second-order valence-corrected chi connectivity index (χ2v) is 5.77. The molecule has 1 fully saturated rings. The van der Waals surface area contributed by atoms with Crippen molar-refractivity contribution in [3.8, 4) is 0 Å². The number of carboxylic acid groups (broad SMARTS) is 1. The monoisotopic (exact) mass is 345 g/mol. The first kappa shape index (κ1) is 18.3. The lowest BCUT2D eigenvalue weighted by molar-refractivity contribution is -0.148. The lowest BCUT2D eigenvalue weighted by Gasteiger charge is -2.33. The first-order valence-electron chi connectivity index (χ1n) is 7.51. The quantitative estimate of drug-likeness (QED) is 0.860. The van der Waals surface area contributed by atoms with Crippen molar-refractivity contribution in [2.75, 3.05) is 13.2 Å². The molecule has 5 nitrogen and oxygen atoms in total. The smallest absolute Gasteiger partial charge is 0.389 e. The second kappa shape index (κ2) is 7.21. The minimum atomic E-state index is -4.23. The largest absolute Gasteiger partial charge is 0.480 e. The van der Waals surface area contributed by atoms with E-state index in [9.17, 15) is 27.9 Å². The van der Waals surface area contributed by atoms with Gasteiger partial charge in [-0.3, -0.25) is 4.79 Å². The molecule has 2 N–H and O–H groups in total. The van der Waals surface area contributed by atoms with Crippen molar-refractivity contribution in [1.29, 1.82) is 0 Å². The van der Waals surface area contributed by atoms with Crippen LogP contribution in [-0.4, -0.2) is 41.9 Å². The third-order valence-corrected chi connectivity index (χ3v) is 4.02. The Labute approximate surface area is 136 Å². The fraction of sp³-hybridized carbons (Fsp3) is 0.500. The van der Waals surface area contributed by atoms with Crippen molar-refractivity contribution >= 4 is 11.9 Å². The SMILES string of the molecule is O=C(NC1(C(=O)O)CCOCC1)c1ccc(CCC(F)(F)F)cc1. The molecule has 1 aliphatic rings. The summed E-state index contributed by atoms with van der Waals surface area (Å²) in [5.74, 6) is -1.69. The molecule has 1 aliphatic heterocycles. The molecule has 1 heterocycles. The number of halogens is 3. The van der Waals surface area contributed by atoms with Crippen LogP contribution >= 0.6 is 0 Å². The Morgan fingerprint density at radius 3 is 2.25 bits per heavy atom. The fourth-order valence-electron chi connectivity index (χ4n) is 2.51. The summed E-state index contributed by atoms with van der Waals surface area (Å²) in [6.45, 7) is 0.478. The predicted octanol–water partition coefficient (Wildman–Crippen LogP) is 2.55. The van der Waals surface area contributed by atoms with Crippen molar-refractivity contribution in [3.05, 3.63) is 35.4 Å².